The lowest BCUT2D eigenvalue weighted by molar-refractivity contribution is 0.0514. The molecule has 0 atom stereocenters. The Balaban J connectivity index is 1.22. The van der Waals surface area contributed by atoms with Gasteiger partial charge < -0.3 is 0 Å². The Labute approximate surface area is 305 Å². The number of unbranched alkanes of at least 4 members (excludes halogenated alkanes) is 6. The predicted octanol–water partition coefficient (Wildman–Crippen LogP) is 11.0. The van der Waals surface area contributed by atoms with Crippen LogP contribution in [0.1, 0.15) is 132 Å². The fraction of sp³-hybridized carbons (Fsp3) is 0.326. The van der Waals surface area contributed by atoms with Crippen LogP contribution in [-0.2, 0) is 6.42 Å². The van der Waals surface area contributed by atoms with Crippen molar-refractivity contribution in [3.8, 4) is 0 Å². The number of hydrogen-bond acceptors (Lipinski definition) is 4. The normalized spacial score (nSPS) is 14.6. The van der Waals surface area contributed by atoms with Crippen LogP contribution >= 0.6 is 0 Å². The van der Waals surface area contributed by atoms with Gasteiger partial charge in [-0.05, 0) is 88.3 Å². The SMILES string of the molecule is CCCCCCC(CCCCCC)N1C(=O)c2ccc3c4ccc5c6c(ccc(c7ccc(c2c37)C1=O)c64)C(=O)N([C](C)Cc1ccccc1)C5=O. The van der Waals surface area contributed by atoms with E-state index in [9.17, 15) is 19.2 Å². The van der Waals surface area contributed by atoms with Gasteiger partial charge in [-0.2, -0.15) is 0 Å². The Morgan fingerprint density at radius 2 is 0.923 bits per heavy atom. The molecule has 6 heteroatoms. The molecule has 0 unspecified atom stereocenters. The van der Waals surface area contributed by atoms with Gasteiger partial charge >= 0.3 is 0 Å². The Bertz CT molecular complexity index is 2250. The van der Waals surface area contributed by atoms with Crippen molar-refractivity contribution in [3.63, 3.8) is 0 Å². The van der Waals surface area contributed by atoms with E-state index < -0.39 is 0 Å². The minimum Gasteiger partial charge on any atom is -0.271 e. The maximum atomic E-state index is 14.4. The lowest BCUT2D eigenvalue weighted by Gasteiger charge is -2.35. The molecule has 6 aromatic carbocycles. The Kier molecular flexibility index (Phi) is 9.02. The molecule has 0 aliphatic carbocycles. The van der Waals surface area contributed by atoms with Crippen LogP contribution in [-0.4, -0.2) is 39.5 Å². The zero-order chi connectivity index (χ0) is 36.1. The van der Waals surface area contributed by atoms with E-state index in [1.165, 1.54) is 4.90 Å². The summed E-state index contributed by atoms with van der Waals surface area (Å²) in [6.07, 6.45) is 10.9. The second-order valence-electron chi connectivity index (χ2n) is 14.8. The minimum absolute atomic E-state index is 0.121. The van der Waals surface area contributed by atoms with Gasteiger partial charge in [0.05, 0.1) is 6.04 Å². The average Bonchev–Trinajstić information content (AvgIpc) is 3.15. The van der Waals surface area contributed by atoms with E-state index in [-0.39, 0.29) is 29.7 Å². The van der Waals surface area contributed by atoms with Gasteiger partial charge in [0.2, 0.25) is 0 Å². The van der Waals surface area contributed by atoms with Crippen molar-refractivity contribution >= 4 is 66.7 Å². The first-order valence-electron chi connectivity index (χ1n) is 19.2. The molecule has 2 aliphatic heterocycles. The quantitative estimate of drug-likeness (QED) is 0.0494. The van der Waals surface area contributed by atoms with Gasteiger partial charge in [-0.3, -0.25) is 29.0 Å². The van der Waals surface area contributed by atoms with E-state index in [4.69, 9.17) is 0 Å². The summed E-state index contributed by atoms with van der Waals surface area (Å²) in [4.78, 5) is 60.0. The van der Waals surface area contributed by atoms with E-state index in [0.29, 0.717) is 45.5 Å². The van der Waals surface area contributed by atoms with E-state index >= 15 is 0 Å². The highest BCUT2D eigenvalue weighted by molar-refractivity contribution is 6.41. The third kappa shape index (κ3) is 5.37. The summed E-state index contributed by atoms with van der Waals surface area (Å²) in [5, 5.41) is 6.74. The molecular weight excluding hydrogens is 645 g/mol. The van der Waals surface area contributed by atoms with Crippen LogP contribution in [0.3, 0.4) is 0 Å². The number of imide groups is 2. The summed E-state index contributed by atoms with van der Waals surface area (Å²) in [5.74, 6) is -1.04. The summed E-state index contributed by atoms with van der Waals surface area (Å²) in [7, 11) is 0. The van der Waals surface area contributed by atoms with E-state index in [2.05, 4.69) is 13.8 Å². The molecule has 8 rings (SSSR count). The smallest absolute Gasteiger partial charge is 0.262 e. The number of carbonyl (C=O) groups is 4. The van der Waals surface area contributed by atoms with Crippen molar-refractivity contribution in [2.45, 2.75) is 97.4 Å². The van der Waals surface area contributed by atoms with Crippen LogP contribution in [0.2, 0.25) is 0 Å². The van der Waals surface area contributed by atoms with Crippen LogP contribution in [0, 0.1) is 6.04 Å². The second kappa shape index (κ2) is 13.8. The Hall–Kier alpha value is -5.10. The number of nitrogens with zero attached hydrogens (tertiary/aromatic N) is 2. The fourth-order valence-corrected chi connectivity index (χ4v) is 8.95. The van der Waals surface area contributed by atoms with Crippen molar-refractivity contribution in [1.82, 2.24) is 9.80 Å². The minimum atomic E-state index is -0.319. The van der Waals surface area contributed by atoms with Crippen LogP contribution < -0.4 is 0 Å². The molecule has 1 radical (unpaired) electrons. The molecule has 0 fully saturated rings. The Morgan fingerprint density at radius 3 is 1.35 bits per heavy atom. The monoisotopic (exact) mass is 689 g/mol. The third-order valence-corrected chi connectivity index (χ3v) is 11.5. The summed E-state index contributed by atoms with van der Waals surface area (Å²) in [5.41, 5.74) is 3.18. The number of rotatable bonds is 14. The first-order valence-corrected chi connectivity index (χ1v) is 19.2. The molecular formula is C46H45N2O4. The number of hydrogen-bond donors (Lipinski definition) is 0. The second-order valence-corrected chi connectivity index (χ2v) is 14.8. The number of amides is 4. The molecule has 6 aromatic rings. The first-order chi connectivity index (χ1) is 25.3. The maximum absolute atomic E-state index is 14.4. The van der Waals surface area contributed by atoms with Gasteiger partial charge in [0, 0.05) is 39.1 Å². The van der Waals surface area contributed by atoms with Crippen molar-refractivity contribution in [1.29, 1.82) is 0 Å². The molecule has 0 aromatic heterocycles. The summed E-state index contributed by atoms with van der Waals surface area (Å²) >= 11 is 0. The molecule has 2 aliphatic rings. The van der Waals surface area contributed by atoms with Crippen molar-refractivity contribution in [3.05, 3.63) is 113 Å². The molecule has 2 heterocycles. The molecule has 0 saturated carbocycles. The van der Waals surface area contributed by atoms with Gasteiger partial charge in [-0.1, -0.05) is 120 Å². The zero-order valence-electron chi connectivity index (χ0n) is 30.4. The van der Waals surface area contributed by atoms with Gasteiger partial charge in [0.1, 0.15) is 0 Å². The van der Waals surface area contributed by atoms with E-state index in [1.54, 1.807) is 4.90 Å². The summed E-state index contributed by atoms with van der Waals surface area (Å²) in [6.45, 7) is 6.24. The summed E-state index contributed by atoms with van der Waals surface area (Å²) in [6, 6.07) is 25.8. The Morgan fingerprint density at radius 1 is 0.500 bits per heavy atom. The van der Waals surface area contributed by atoms with Gasteiger partial charge in [0.25, 0.3) is 23.6 Å². The van der Waals surface area contributed by atoms with Gasteiger partial charge in [0.15, 0.2) is 0 Å². The van der Waals surface area contributed by atoms with E-state index in [1.807, 2.05) is 85.8 Å². The molecule has 52 heavy (non-hydrogen) atoms. The van der Waals surface area contributed by atoms with Crippen LogP contribution in [0.5, 0.6) is 0 Å². The zero-order valence-corrected chi connectivity index (χ0v) is 30.4. The largest absolute Gasteiger partial charge is 0.271 e. The summed E-state index contributed by atoms with van der Waals surface area (Å²) < 4.78 is 0. The van der Waals surface area contributed by atoms with Crippen molar-refractivity contribution < 1.29 is 19.2 Å². The topological polar surface area (TPSA) is 74.8 Å². The number of carbonyl (C=O) groups excluding carboxylic acids is 4. The fourth-order valence-electron chi connectivity index (χ4n) is 8.95. The lowest BCUT2D eigenvalue weighted by atomic mass is 9.81. The molecule has 4 amide bonds. The van der Waals surface area contributed by atoms with E-state index in [0.717, 1.165) is 102 Å². The van der Waals surface area contributed by atoms with Crippen LogP contribution in [0.4, 0.5) is 0 Å². The number of benzene rings is 6. The van der Waals surface area contributed by atoms with Crippen molar-refractivity contribution in [2.24, 2.45) is 0 Å². The maximum Gasteiger partial charge on any atom is 0.262 e. The molecule has 0 N–H and O–H groups in total. The standard InChI is InChI=1S/C46H45N2O4/c1-4-6-8-13-17-30(18-14-9-7-5-2)48-45(51)37-25-21-33-31-19-23-35-41-36(44(50)47(43(35)49)28(3)27-29-15-11-10-12-16-29)24-20-32(39(31)41)34-22-26-38(46(48)52)42(37)40(33)34/h10-12,15-16,19-26,30H,4-9,13-14,17-18,27H2,1-3H3. The molecule has 0 spiro atoms. The highest BCUT2D eigenvalue weighted by Crippen LogP contribution is 2.47. The lowest BCUT2D eigenvalue weighted by Crippen LogP contribution is -2.47. The molecule has 263 valence electrons. The number of fused-ring (bicyclic) bond motifs is 2. The average molecular weight is 690 g/mol. The molecule has 0 bridgehead atoms. The highest BCUT2D eigenvalue weighted by Gasteiger charge is 2.40. The van der Waals surface area contributed by atoms with Gasteiger partial charge in [-0.25, -0.2) is 0 Å². The first kappa shape index (κ1) is 34.0. The third-order valence-electron chi connectivity index (χ3n) is 11.5. The van der Waals surface area contributed by atoms with Gasteiger partial charge in [-0.15, -0.1) is 0 Å². The van der Waals surface area contributed by atoms with Crippen LogP contribution in [0.25, 0.3) is 43.1 Å². The predicted molar refractivity (Wildman–Crippen MR) is 209 cm³/mol. The van der Waals surface area contributed by atoms with Crippen molar-refractivity contribution in [2.75, 3.05) is 0 Å². The highest BCUT2D eigenvalue weighted by atomic mass is 16.2. The molecule has 0 saturated heterocycles. The molecule has 6 nitrogen and oxygen atoms in total. The van der Waals surface area contributed by atoms with Crippen LogP contribution in [0.15, 0.2) is 78.9 Å².